The number of carboxylic acids is 2. The molecule has 0 spiro atoms. The molecule has 0 fully saturated rings. The summed E-state index contributed by atoms with van der Waals surface area (Å²) >= 11 is 0. The Balaban J connectivity index is 0. The van der Waals surface area contributed by atoms with Crippen LogP contribution in [0, 0.1) is 17.8 Å². The van der Waals surface area contributed by atoms with Gasteiger partial charge in [-0.05, 0) is 18.3 Å². The Morgan fingerprint density at radius 1 is 0.750 bits per heavy atom. The minimum atomic E-state index is -1.26. The number of rotatable bonds is 15. The number of unbranched alkanes of at least 4 members (excludes halogenated alkanes) is 5. The average Bonchev–Trinajstić information content (AvgIpc) is 2.51. The Morgan fingerprint density at radius 2 is 1.21 bits per heavy atom. The fourth-order valence-corrected chi connectivity index (χ4v) is 3.42. The van der Waals surface area contributed by atoms with Crippen molar-refractivity contribution in [2.24, 2.45) is 17.8 Å². The first-order valence-electron chi connectivity index (χ1n) is 9.43. The maximum atomic E-state index is 11.2. The van der Waals surface area contributed by atoms with Crippen molar-refractivity contribution in [2.75, 3.05) is 0 Å². The van der Waals surface area contributed by atoms with Crippen LogP contribution in [0.5, 0.6) is 0 Å². The molecule has 2 unspecified atom stereocenters. The predicted molar refractivity (Wildman–Crippen MR) is 102 cm³/mol. The van der Waals surface area contributed by atoms with Crippen molar-refractivity contribution in [3.8, 4) is 0 Å². The van der Waals surface area contributed by atoms with Crippen LogP contribution in [0.15, 0.2) is 0 Å². The van der Waals surface area contributed by atoms with Crippen molar-refractivity contribution in [1.82, 2.24) is 0 Å². The topological polar surface area (TPSA) is 74.6 Å². The van der Waals surface area contributed by atoms with Gasteiger partial charge < -0.3 is 10.2 Å². The SMILES string of the molecule is CCCCCCC(CC(C(=O)O)C(=O)O)C(CC)CCCCC.[BaH2]. The van der Waals surface area contributed by atoms with Crippen molar-refractivity contribution in [2.45, 2.75) is 91.4 Å². The van der Waals surface area contributed by atoms with Gasteiger partial charge in [0.1, 0.15) is 0 Å². The molecule has 0 aromatic rings. The number of hydrogen-bond donors (Lipinski definition) is 2. The molecule has 0 aliphatic heterocycles. The fraction of sp³-hybridized carbons (Fsp3) is 0.895. The van der Waals surface area contributed by atoms with E-state index in [4.69, 9.17) is 0 Å². The molecular weight excluding hydrogens is 430 g/mol. The summed E-state index contributed by atoms with van der Waals surface area (Å²) < 4.78 is 0. The van der Waals surface area contributed by atoms with E-state index in [1.165, 1.54) is 25.7 Å². The summed E-state index contributed by atoms with van der Waals surface area (Å²) in [6.45, 7) is 6.49. The van der Waals surface area contributed by atoms with Gasteiger partial charge in [0.25, 0.3) is 0 Å². The molecule has 0 aromatic heterocycles. The summed E-state index contributed by atoms with van der Waals surface area (Å²) in [4.78, 5) is 22.5. The molecule has 4 nitrogen and oxygen atoms in total. The molecule has 0 aliphatic carbocycles. The van der Waals surface area contributed by atoms with E-state index in [-0.39, 0.29) is 61.2 Å². The zero-order valence-corrected chi connectivity index (χ0v) is 15.2. The first-order valence-corrected chi connectivity index (χ1v) is 9.43. The van der Waals surface area contributed by atoms with Gasteiger partial charge in [0.15, 0.2) is 5.92 Å². The monoisotopic (exact) mass is 468 g/mol. The van der Waals surface area contributed by atoms with Crippen molar-refractivity contribution in [3.05, 3.63) is 0 Å². The molecule has 0 aliphatic rings. The number of hydrogen-bond acceptors (Lipinski definition) is 2. The van der Waals surface area contributed by atoms with Gasteiger partial charge in [-0.1, -0.05) is 85.0 Å². The molecule has 2 N–H and O–H groups in total. The number of carboxylic acid groups (broad SMARTS) is 2. The van der Waals surface area contributed by atoms with Crippen LogP contribution in [0.3, 0.4) is 0 Å². The Bertz CT molecular complexity index is 319. The van der Waals surface area contributed by atoms with Gasteiger partial charge in [-0.25, -0.2) is 0 Å². The Hall–Kier alpha value is 0.511. The average molecular weight is 468 g/mol. The van der Waals surface area contributed by atoms with E-state index >= 15 is 0 Å². The van der Waals surface area contributed by atoms with Crippen LogP contribution in [0.2, 0.25) is 0 Å². The molecular formula is C19H38BaO4. The van der Waals surface area contributed by atoms with E-state index in [0.29, 0.717) is 5.92 Å². The number of carbonyl (C=O) groups is 2. The third kappa shape index (κ3) is 12.0. The Morgan fingerprint density at radius 3 is 1.67 bits per heavy atom. The van der Waals surface area contributed by atoms with Crippen LogP contribution in [0.1, 0.15) is 91.4 Å². The molecule has 0 heterocycles. The van der Waals surface area contributed by atoms with Crippen LogP contribution in [0.4, 0.5) is 0 Å². The predicted octanol–water partition coefficient (Wildman–Crippen LogP) is 4.44. The van der Waals surface area contributed by atoms with Gasteiger partial charge in [0.2, 0.25) is 0 Å². The standard InChI is InChI=1S/C19H36O4.Ba.2H/c1-4-7-9-11-13-16(14-17(18(20)21)19(22)23)15(6-3)12-10-8-5-2;;;/h15-17H,4-14H2,1-3H3,(H,20,21)(H,22,23);;;. The summed E-state index contributed by atoms with van der Waals surface area (Å²) in [5.41, 5.74) is 0. The second kappa shape index (κ2) is 17.0. The van der Waals surface area contributed by atoms with Crippen LogP contribution >= 0.6 is 0 Å². The van der Waals surface area contributed by atoms with E-state index in [0.717, 1.165) is 38.5 Å². The third-order valence-electron chi connectivity index (χ3n) is 4.93. The molecule has 0 radical (unpaired) electrons. The van der Waals surface area contributed by atoms with E-state index < -0.39 is 17.9 Å². The van der Waals surface area contributed by atoms with Crippen LogP contribution < -0.4 is 0 Å². The molecule has 0 rings (SSSR count). The maximum absolute atomic E-state index is 11.2. The van der Waals surface area contributed by atoms with Gasteiger partial charge >= 0.3 is 60.8 Å². The molecule has 24 heavy (non-hydrogen) atoms. The van der Waals surface area contributed by atoms with Crippen molar-refractivity contribution < 1.29 is 19.8 Å². The summed E-state index contributed by atoms with van der Waals surface area (Å²) in [7, 11) is 0. The number of aliphatic carboxylic acids is 2. The molecule has 2 atom stereocenters. The molecule has 0 amide bonds. The Labute approximate surface area is 188 Å². The van der Waals surface area contributed by atoms with Crippen molar-refractivity contribution >= 4 is 60.8 Å². The van der Waals surface area contributed by atoms with Gasteiger partial charge in [0, 0.05) is 0 Å². The van der Waals surface area contributed by atoms with E-state index in [2.05, 4.69) is 20.8 Å². The molecule has 0 saturated heterocycles. The van der Waals surface area contributed by atoms with E-state index in [1.807, 2.05) is 0 Å². The first kappa shape index (κ1) is 26.7. The van der Waals surface area contributed by atoms with Crippen LogP contribution in [-0.4, -0.2) is 71.0 Å². The molecule has 5 heteroatoms. The molecule has 0 bridgehead atoms. The zero-order chi connectivity index (χ0) is 17.7. The van der Waals surface area contributed by atoms with Gasteiger partial charge in [-0.2, -0.15) is 0 Å². The van der Waals surface area contributed by atoms with Crippen molar-refractivity contribution in [1.29, 1.82) is 0 Å². The summed E-state index contributed by atoms with van der Waals surface area (Å²) in [5.74, 6) is -2.99. The van der Waals surface area contributed by atoms with E-state index in [1.54, 1.807) is 0 Å². The summed E-state index contributed by atoms with van der Waals surface area (Å²) in [6.07, 6.45) is 11.5. The fourth-order valence-electron chi connectivity index (χ4n) is 3.42. The van der Waals surface area contributed by atoms with Crippen LogP contribution in [-0.2, 0) is 9.59 Å². The quantitative estimate of drug-likeness (QED) is 0.212. The third-order valence-corrected chi connectivity index (χ3v) is 4.93. The summed E-state index contributed by atoms with van der Waals surface area (Å²) in [5, 5.41) is 18.4. The summed E-state index contributed by atoms with van der Waals surface area (Å²) in [6, 6.07) is 0. The first-order chi connectivity index (χ1) is 11.0. The van der Waals surface area contributed by atoms with Crippen LogP contribution in [0.25, 0.3) is 0 Å². The van der Waals surface area contributed by atoms with E-state index in [9.17, 15) is 19.8 Å². The second-order valence-electron chi connectivity index (χ2n) is 6.74. The van der Waals surface area contributed by atoms with Crippen molar-refractivity contribution in [3.63, 3.8) is 0 Å². The zero-order valence-electron chi connectivity index (χ0n) is 15.2. The van der Waals surface area contributed by atoms with Gasteiger partial charge in [-0.3, -0.25) is 9.59 Å². The van der Waals surface area contributed by atoms with Gasteiger partial charge in [-0.15, -0.1) is 0 Å². The normalized spacial score (nSPS) is 13.3. The molecule has 0 saturated carbocycles. The minimum absolute atomic E-state index is 0. The Kier molecular flexibility index (Phi) is 18.9. The second-order valence-corrected chi connectivity index (χ2v) is 6.74. The van der Waals surface area contributed by atoms with Gasteiger partial charge in [0.05, 0.1) is 0 Å². The molecule has 140 valence electrons. The molecule has 0 aromatic carbocycles.